The molecule has 202 valence electrons. The molecule has 0 radical (unpaired) electrons. The first-order valence-electron chi connectivity index (χ1n) is 12.3. The van der Waals surface area contributed by atoms with E-state index in [0.717, 1.165) is 31.5 Å². The summed E-state index contributed by atoms with van der Waals surface area (Å²) in [6, 6.07) is 2.03. The molecule has 0 amide bonds. The van der Waals surface area contributed by atoms with Gasteiger partial charge in [0.05, 0.1) is 24.6 Å². The van der Waals surface area contributed by atoms with Crippen LogP contribution in [0.5, 0.6) is 0 Å². The molecule has 0 bridgehead atoms. The molecule has 4 rings (SSSR count). The monoisotopic (exact) mass is 548 g/mol. The number of pyridine rings is 1. The van der Waals surface area contributed by atoms with Crippen molar-refractivity contribution in [2.75, 3.05) is 33.6 Å². The minimum Gasteiger partial charge on any atom is -0.377 e. The standard InChI is InChI=1S/C26H38N5O4S2/c1-25(2,3)26(4,5)36(8)35-17-21-15-30-14-20(19-9-11-34-12-10-19)13-22(24(30)28-21)23-16-31(18-27-23)37(32,33)29(6)7/h9,13-16,18H,10-12,17H2,1-8H3/q+1. The molecule has 1 aliphatic heterocycles. The minimum atomic E-state index is -3.67. The van der Waals surface area contributed by atoms with Crippen molar-refractivity contribution in [2.24, 2.45) is 5.41 Å². The molecule has 11 heteroatoms. The lowest BCUT2D eigenvalue weighted by Gasteiger charge is -2.34. The van der Waals surface area contributed by atoms with E-state index >= 15 is 0 Å². The van der Waals surface area contributed by atoms with Gasteiger partial charge in [-0.2, -0.15) is 16.9 Å². The fourth-order valence-electron chi connectivity index (χ4n) is 3.86. The van der Waals surface area contributed by atoms with Crippen LogP contribution in [0.4, 0.5) is 0 Å². The molecular weight excluding hydrogens is 510 g/mol. The molecule has 0 fully saturated rings. The third-order valence-electron chi connectivity index (χ3n) is 7.41. The number of ether oxygens (including phenoxy) is 1. The van der Waals surface area contributed by atoms with Gasteiger partial charge in [-0.25, -0.2) is 13.9 Å². The van der Waals surface area contributed by atoms with Crippen molar-refractivity contribution in [3.05, 3.63) is 48.3 Å². The van der Waals surface area contributed by atoms with Gasteiger partial charge in [0.25, 0.3) is 0 Å². The molecule has 0 N–H and O–H groups in total. The summed E-state index contributed by atoms with van der Waals surface area (Å²) in [5.41, 5.74) is 5.11. The van der Waals surface area contributed by atoms with Crippen molar-refractivity contribution >= 4 is 32.6 Å². The molecule has 1 aliphatic rings. The van der Waals surface area contributed by atoms with E-state index in [1.54, 1.807) is 0 Å². The number of hydrogen-bond donors (Lipinski definition) is 0. The molecular formula is C26H38N5O4S2+. The highest BCUT2D eigenvalue weighted by molar-refractivity contribution is 7.93. The first kappa shape index (κ1) is 27.8. The second-order valence-electron chi connectivity index (χ2n) is 11.0. The summed E-state index contributed by atoms with van der Waals surface area (Å²) < 4.78 is 41.4. The van der Waals surface area contributed by atoms with E-state index in [9.17, 15) is 8.42 Å². The van der Waals surface area contributed by atoms with Crippen LogP contribution in [-0.4, -0.2) is 69.4 Å². The van der Waals surface area contributed by atoms with E-state index in [0.29, 0.717) is 31.2 Å². The summed E-state index contributed by atoms with van der Waals surface area (Å²) in [7, 11) is -0.684. The average Bonchev–Trinajstić information content (AvgIpc) is 3.49. The largest absolute Gasteiger partial charge is 0.377 e. The van der Waals surface area contributed by atoms with Crippen molar-refractivity contribution in [3.63, 3.8) is 0 Å². The molecule has 9 nitrogen and oxygen atoms in total. The van der Waals surface area contributed by atoms with Gasteiger partial charge >= 0.3 is 10.2 Å². The molecule has 0 spiro atoms. The number of imidazole rings is 2. The van der Waals surface area contributed by atoms with Crippen molar-refractivity contribution in [2.45, 2.75) is 52.4 Å². The van der Waals surface area contributed by atoms with Crippen LogP contribution < -0.4 is 0 Å². The van der Waals surface area contributed by atoms with Gasteiger partial charge in [0.1, 0.15) is 24.8 Å². The Morgan fingerprint density at radius 3 is 2.51 bits per heavy atom. The smallest absolute Gasteiger partial charge is 0.308 e. The molecule has 37 heavy (non-hydrogen) atoms. The van der Waals surface area contributed by atoms with Gasteiger partial charge in [-0.3, -0.25) is 0 Å². The van der Waals surface area contributed by atoms with Gasteiger partial charge in [-0.05, 0) is 37.5 Å². The summed E-state index contributed by atoms with van der Waals surface area (Å²) in [5, 5.41) is 0. The Morgan fingerprint density at radius 2 is 1.89 bits per heavy atom. The summed E-state index contributed by atoms with van der Waals surface area (Å²) >= 11 is -0.292. The average molecular weight is 549 g/mol. The quantitative estimate of drug-likeness (QED) is 0.393. The molecule has 3 aromatic rings. The zero-order chi connectivity index (χ0) is 27.2. The van der Waals surface area contributed by atoms with E-state index in [-0.39, 0.29) is 21.3 Å². The molecule has 0 aromatic carbocycles. The maximum atomic E-state index is 12.6. The molecule has 4 heterocycles. The predicted molar refractivity (Wildman–Crippen MR) is 149 cm³/mol. The Kier molecular flexibility index (Phi) is 7.66. The molecule has 0 aliphatic carbocycles. The highest BCUT2D eigenvalue weighted by atomic mass is 32.2. The highest BCUT2D eigenvalue weighted by Gasteiger charge is 2.48. The Hall–Kier alpha value is -2.18. The summed E-state index contributed by atoms with van der Waals surface area (Å²) in [6.07, 6.45) is 11.9. The fraction of sp³-hybridized carbons (Fsp3) is 0.538. The number of rotatable bonds is 8. The van der Waals surface area contributed by atoms with E-state index < -0.39 is 10.2 Å². The highest BCUT2D eigenvalue weighted by Crippen LogP contribution is 2.38. The maximum absolute atomic E-state index is 12.6. The van der Waals surface area contributed by atoms with E-state index in [1.807, 2.05) is 16.7 Å². The van der Waals surface area contributed by atoms with Gasteiger partial charge in [-0.15, -0.1) is 0 Å². The van der Waals surface area contributed by atoms with Crippen LogP contribution in [0.25, 0.3) is 22.5 Å². The minimum absolute atomic E-state index is 0.00915. The van der Waals surface area contributed by atoms with Crippen molar-refractivity contribution in [3.8, 4) is 11.3 Å². The van der Waals surface area contributed by atoms with Crippen LogP contribution in [0.2, 0.25) is 0 Å². The summed E-state index contributed by atoms with van der Waals surface area (Å²) in [6.45, 7) is 12.8. The van der Waals surface area contributed by atoms with Crippen molar-refractivity contribution in [1.29, 1.82) is 0 Å². The lowest BCUT2D eigenvalue weighted by atomic mass is 9.83. The Morgan fingerprint density at radius 1 is 1.16 bits per heavy atom. The van der Waals surface area contributed by atoms with Crippen LogP contribution in [0.15, 0.2) is 37.1 Å². The predicted octanol–water partition coefficient (Wildman–Crippen LogP) is 4.16. The van der Waals surface area contributed by atoms with Gasteiger partial charge in [0, 0.05) is 43.7 Å². The number of hydrogen-bond acceptors (Lipinski definition) is 6. The number of nitrogens with zero attached hydrogens (tertiary/aromatic N) is 5. The van der Waals surface area contributed by atoms with Crippen molar-refractivity contribution in [1.82, 2.24) is 22.6 Å². The van der Waals surface area contributed by atoms with E-state index in [4.69, 9.17) is 13.9 Å². The number of fused-ring (bicyclic) bond motifs is 1. The second kappa shape index (κ2) is 10.2. The summed E-state index contributed by atoms with van der Waals surface area (Å²) in [4.78, 5) is 9.33. The van der Waals surface area contributed by atoms with Crippen LogP contribution in [0.3, 0.4) is 0 Å². The molecule has 0 saturated heterocycles. The van der Waals surface area contributed by atoms with E-state index in [2.05, 4.69) is 58.1 Å². The van der Waals surface area contributed by atoms with Gasteiger partial charge in [0.15, 0.2) is 15.9 Å². The Labute approximate surface area is 223 Å². The van der Waals surface area contributed by atoms with Crippen LogP contribution in [0.1, 0.15) is 52.3 Å². The Balaban J connectivity index is 1.74. The normalized spacial score (nSPS) is 16.4. The molecule has 0 saturated carbocycles. The lowest BCUT2D eigenvalue weighted by molar-refractivity contribution is 0.161. The SMILES string of the molecule is CN(C)S(=O)(=O)n1cnc(-c2cc(C3=CCOCC3)cn3cc(CO[S+](C)C(C)(C)C(C)(C)C)nc23)c1. The summed E-state index contributed by atoms with van der Waals surface area (Å²) in [5.74, 6) is 0. The molecule has 3 aromatic heterocycles. The zero-order valence-corrected chi connectivity index (χ0v) is 24.6. The van der Waals surface area contributed by atoms with Crippen molar-refractivity contribution < 1.29 is 17.3 Å². The van der Waals surface area contributed by atoms with Crippen LogP contribution in [-0.2, 0) is 36.9 Å². The Bertz CT molecular complexity index is 1410. The molecule has 1 atom stereocenters. The fourth-order valence-corrected chi connectivity index (χ4v) is 6.09. The van der Waals surface area contributed by atoms with Crippen LogP contribution in [0, 0.1) is 5.41 Å². The van der Waals surface area contributed by atoms with Gasteiger partial charge in [0.2, 0.25) is 0 Å². The van der Waals surface area contributed by atoms with E-state index in [1.165, 1.54) is 32.2 Å². The van der Waals surface area contributed by atoms with Crippen LogP contribution >= 0.6 is 0 Å². The third kappa shape index (κ3) is 5.51. The molecule has 1 unspecified atom stereocenters. The lowest BCUT2D eigenvalue weighted by Crippen LogP contribution is -2.44. The van der Waals surface area contributed by atoms with Gasteiger partial charge < -0.3 is 9.14 Å². The number of aromatic nitrogens is 4. The zero-order valence-electron chi connectivity index (χ0n) is 23.0. The first-order valence-corrected chi connectivity index (χ1v) is 15.2. The second-order valence-corrected chi connectivity index (χ2v) is 15.2. The topological polar surface area (TPSA) is 91.0 Å². The maximum Gasteiger partial charge on any atom is 0.308 e. The third-order valence-corrected chi connectivity index (χ3v) is 11.6. The van der Waals surface area contributed by atoms with Gasteiger partial charge in [-0.1, -0.05) is 26.8 Å². The first-order chi connectivity index (χ1) is 17.2.